The predicted molar refractivity (Wildman–Crippen MR) is 92.0 cm³/mol. The molecule has 128 valence electrons. The van der Waals surface area contributed by atoms with Crippen molar-refractivity contribution in [3.05, 3.63) is 40.3 Å². The van der Waals surface area contributed by atoms with E-state index in [1.165, 1.54) is 4.88 Å². The molecular weight excluding hydrogens is 324 g/mol. The third-order valence-corrected chi connectivity index (χ3v) is 5.71. The quantitative estimate of drug-likeness (QED) is 0.914. The first kappa shape index (κ1) is 15.8. The van der Waals surface area contributed by atoms with Crippen molar-refractivity contribution in [2.24, 2.45) is 7.05 Å². The molecule has 24 heavy (non-hydrogen) atoms. The first-order chi connectivity index (χ1) is 11.7. The lowest BCUT2D eigenvalue weighted by molar-refractivity contribution is -0.0210. The van der Waals surface area contributed by atoms with Gasteiger partial charge in [0.1, 0.15) is 0 Å². The Labute approximate surface area is 145 Å². The second-order valence-corrected chi connectivity index (χ2v) is 7.57. The summed E-state index contributed by atoms with van der Waals surface area (Å²) in [5.74, 6) is -0.0704. The standard InChI is InChI=1S/C17H22N4O2S/c1-20-9-12(8-18-20)17(22)19-14-11-21(10-13-4-3-7-24-13)15-5-2-6-23-16(14)15/h3-4,7-9,14-16H,2,5-6,10-11H2,1H3,(H,19,22)/t14-,15+,16+/m0/s1. The van der Waals surface area contributed by atoms with E-state index in [9.17, 15) is 4.79 Å². The van der Waals surface area contributed by atoms with Crippen LogP contribution in [0.3, 0.4) is 0 Å². The Balaban J connectivity index is 1.47. The number of fused-ring (bicyclic) bond motifs is 1. The van der Waals surface area contributed by atoms with Crippen LogP contribution in [-0.4, -0.2) is 51.9 Å². The second kappa shape index (κ2) is 6.66. The van der Waals surface area contributed by atoms with Crippen molar-refractivity contribution in [1.82, 2.24) is 20.0 Å². The monoisotopic (exact) mass is 346 g/mol. The molecular formula is C17H22N4O2S. The number of hydrogen-bond donors (Lipinski definition) is 1. The summed E-state index contributed by atoms with van der Waals surface area (Å²) in [6.45, 7) is 2.55. The summed E-state index contributed by atoms with van der Waals surface area (Å²) in [5, 5.41) is 9.35. The molecule has 1 amide bonds. The summed E-state index contributed by atoms with van der Waals surface area (Å²) in [5.41, 5.74) is 0.599. The van der Waals surface area contributed by atoms with Crippen molar-refractivity contribution < 1.29 is 9.53 Å². The zero-order chi connectivity index (χ0) is 16.5. The lowest BCUT2D eigenvalue weighted by atomic mass is 10.0. The Hall–Kier alpha value is -1.70. The minimum absolute atomic E-state index is 0.0305. The molecule has 1 N–H and O–H groups in total. The topological polar surface area (TPSA) is 59.4 Å². The van der Waals surface area contributed by atoms with Crippen molar-refractivity contribution in [3.63, 3.8) is 0 Å². The molecule has 0 saturated carbocycles. The molecule has 2 aliphatic rings. The first-order valence-corrected chi connectivity index (χ1v) is 9.26. The fourth-order valence-electron chi connectivity index (χ4n) is 3.76. The number of amides is 1. The van der Waals surface area contributed by atoms with Gasteiger partial charge in [-0.3, -0.25) is 14.4 Å². The molecule has 4 rings (SSSR count). The molecule has 3 atom stereocenters. The molecule has 7 heteroatoms. The average molecular weight is 346 g/mol. The summed E-state index contributed by atoms with van der Waals surface area (Å²) in [7, 11) is 1.81. The smallest absolute Gasteiger partial charge is 0.254 e. The predicted octanol–water partition coefficient (Wildman–Crippen LogP) is 1.64. The SMILES string of the molecule is Cn1cc(C(=O)N[C@H]2CN(Cc3cccs3)[C@@H]3CCCO[C@H]23)cn1. The summed E-state index contributed by atoms with van der Waals surface area (Å²) in [6, 6.07) is 4.68. The minimum Gasteiger partial charge on any atom is -0.374 e. The van der Waals surface area contributed by atoms with Gasteiger partial charge in [-0.2, -0.15) is 5.10 Å². The van der Waals surface area contributed by atoms with Crippen LogP contribution in [0.1, 0.15) is 28.1 Å². The summed E-state index contributed by atoms with van der Waals surface area (Å²) < 4.78 is 7.68. The van der Waals surface area contributed by atoms with Crippen LogP contribution in [0.25, 0.3) is 0 Å². The van der Waals surface area contributed by atoms with Gasteiger partial charge in [-0.05, 0) is 24.3 Å². The molecule has 0 radical (unpaired) electrons. The van der Waals surface area contributed by atoms with E-state index in [4.69, 9.17) is 4.74 Å². The lowest BCUT2D eigenvalue weighted by Gasteiger charge is -2.32. The highest BCUT2D eigenvalue weighted by Crippen LogP contribution is 2.31. The Morgan fingerprint density at radius 3 is 3.21 bits per heavy atom. The van der Waals surface area contributed by atoms with Crippen molar-refractivity contribution >= 4 is 17.2 Å². The maximum atomic E-state index is 12.5. The molecule has 2 fully saturated rings. The van der Waals surface area contributed by atoms with Crippen LogP contribution in [0.4, 0.5) is 0 Å². The van der Waals surface area contributed by atoms with E-state index >= 15 is 0 Å². The van der Waals surface area contributed by atoms with Crippen LogP contribution in [0.2, 0.25) is 0 Å². The number of aromatic nitrogens is 2. The molecule has 2 aromatic rings. The van der Waals surface area contributed by atoms with Crippen LogP contribution in [0.5, 0.6) is 0 Å². The first-order valence-electron chi connectivity index (χ1n) is 8.38. The van der Waals surface area contributed by atoms with E-state index in [2.05, 4.69) is 32.8 Å². The molecule has 4 heterocycles. The largest absolute Gasteiger partial charge is 0.374 e. The number of nitrogens with one attached hydrogen (secondary N) is 1. The van der Waals surface area contributed by atoms with E-state index < -0.39 is 0 Å². The Morgan fingerprint density at radius 2 is 2.46 bits per heavy atom. The van der Waals surface area contributed by atoms with Gasteiger partial charge in [0.2, 0.25) is 0 Å². The lowest BCUT2D eigenvalue weighted by Crippen LogP contribution is -2.47. The molecule has 0 aromatic carbocycles. The summed E-state index contributed by atoms with van der Waals surface area (Å²) in [4.78, 5) is 16.3. The van der Waals surface area contributed by atoms with Gasteiger partial charge in [0.05, 0.1) is 23.9 Å². The highest BCUT2D eigenvalue weighted by molar-refractivity contribution is 7.09. The van der Waals surface area contributed by atoms with Crippen LogP contribution in [0.15, 0.2) is 29.9 Å². The minimum atomic E-state index is -0.0704. The Kier molecular flexibility index (Phi) is 4.39. The number of nitrogens with zero attached hydrogens (tertiary/aromatic N) is 3. The third kappa shape index (κ3) is 3.11. The normalized spacial score (nSPS) is 27.1. The fraction of sp³-hybridized carbons (Fsp3) is 0.529. The van der Waals surface area contributed by atoms with Gasteiger partial charge >= 0.3 is 0 Å². The third-order valence-electron chi connectivity index (χ3n) is 4.85. The molecule has 2 aliphatic heterocycles. The molecule has 2 aromatic heterocycles. The van der Waals surface area contributed by atoms with Gasteiger partial charge in [-0.15, -0.1) is 11.3 Å². The number of hydrogen-bond acceptors (Lipinski definition) is 5. The number of carbonyl (C=O) groups excluding carboxylic acids is 1. The Bertz CT molecular complexity index is 699. The maximum Gasteiger partial charge on any atom is 0.254 e. The van der Waals surface area contributed by atoms with Gasteiger partial charge < -0.3 is 10.1 Å². The second-order valence-electron chi connectivity index (χ2n) is 6.54. The molecule has 0 spiro atoms. The van der Waals surface area contributed by atoms with Gasteiger partial charge in [-0.25, -0.2) is 0 Å². The van der Waals surface area contributed by atoms with Crippen LogP contribution in [-0.2, 0) is 18.3 Å². The van der Waals surface area contributed by atoms with Crippen molar-refractivity contribution in [3.8, 4) is 0 Å². The number of aryl methyl sites for hydroxylation is 1. The van der Waals surface area contributed by atoms with Crippen molar-refractivity contribution in [1.29, 1.82) is 0 Å². The van der Waals surface area contributed by atoms with Gasteiger partial charge in [0.15, 0.2) is 0 Å². The number of ether oxygens (including phenoxy) is 1. The van der Waals surface area contributed by atoms with E-state index in [0.29, 0.717) is 11.6 Å². The van der Waals surface area contributed by atoms with Crippen LogP contribution < -0.4 is 5.32 Å². The van der Waals surface area contributed by atoms with E-state index in [1.54, 1.807) is 28.4 Å². The molecule has 0 bridgehead atoms. The number of likely N-dealkylation sites (tertiary alicyclic amines) is 1. The highest BCUT2D eigenvalue weighted by atomic mass is 32.1. The Morgan fingerprint density at radius 1 is 1.54 bits per heavy atom. The molecule has 2 saturated heterocycles. The van der Waals surface area contributed by atoms with Crippen molar-refractivity contribution in [2.45, 2.75) is 37.6 Å². The highest BCUT2D eigenvalue weighted by Gasteiger charge is 2.44. The summed E-state index contributed by atoms with van der Waals surface area (Å²) in [6.07, 6.45) is 5.65. The van der Waals surface area contributed by atoms with E-state index in [-0.39, 0.29) is 18.1 Å². The van der Waals surface area contributed by atoms with E-state index in [0.717, 1.165) is 32.5 Å². The number of carbonyl (C=O) groups is 1. The van der Waals surface area contributed by atoms with Crippen LogP contribution >= 0.6 is 11.3 Å². The number of thiophene rings is 1. The molecule has 0 unspecified atom stereocenters. The number of rotatable bonds is 4. The zero-order valence-corrected chi connectivity index (χ0v) is 14.5. The van der Waals surface area contributed by atoms with Crippen molar-refractivity contribution in [2.75, 3.05) is 13.2 Å². The summed E-state index contributed by atoms with van der Waals surface area (Å²) >= 11 is 1.78. The zero-order valence-electron chi connectivity index (χ0n) is 13.7. The van der Waals surface area contributed by atoms with Gasteiger partial charge in [0.25, 0.3) is 5.91 Å². The van der Waals surface area contributed by atoms with Gasteiger partial charge in [0, 0.05) is 43.9 Å². The average Bonchev–Trinajstić information content (AvgIpc) is 3.30. The molecule has 0 aliphatic carbocycles. The maximum absolute atomic E-state index is 12.5. The van der Waals surface area contributed by atoms with Crippen LogP contribution in [0, 0.1) is 0 Å². The molecule has 6 nitrogen and oxygen atoms in total. The fourth-order valence-corrected chi connectivity index (χ4v) is 4.49. The van der Waals surface area contributed by atoms with Gasteiger partial charge in [-0.1, -0.05) is 6.07 Å². The van der Waals surface area contributed by atoms with E-state index in [1.807, 2.05) is 7.05 Å².